The fraction of sp³-hybridized carbons (Fsp3) is 0.130. The van der Waals surface area contributed by atoms with Gasteiger partial charge < -0.3 is 10.1 Å². The molecule has 0 heterocycles. The van der Waals surface area contributed by atoms with Crippen molar-refractivity contribution in [1.29, 1.82) is 0 Å². The Labute approximate surface area is 169 Å². The SMILES string of the molecule is Cc1cccc(CCC(=O)Oc2ccc(NC(=O)c3ccccc3Cl)cc2)c1. The van der Waals surface area contributed by atoms with Crippen LogP contribution in [0.4, 0.5) is 5.69 Å². The number of ether oxygens (including phenoxy) is 1. The molecule has 0 saturated heterocycles. The Hall–Kier alpha value is -3.11. The molecule has 0 bridgehead atoms. The summed E-state index contributed by atoms with van der Waals surface area (Å²) in [4.78, 5) is 24.3. The highest BCUT2D eigenvalue weighted by Gasteiger charge is 2.10. The topological polar surface area (TPSA) is 55.4 Å². The first-order valence-corrected chi connectivity index (χ1v) is 9.31. The van der Waals surface area contributed by atoms with Crippen LogP contribution in [0.3, 0.4) is 0 Å². The van der Waals surface area contributed by atoms with Gasteiger partial charge in [0.05, 0.1) is 10.6 Å². The van der Waals surface area contributed by atoms with E-state index in [1.165, 1.54) is 5.56 Å². The van der Waals surface area contributed by atoms with Crippen LogP contribution in [-0.4, -0.2) is 11.9 Å². The molecule has 1 N–H and O–H groups in total. The zero-order valence-electron chi connectivity index (χ0n) is 15.4. The van der Waals surface area contributed by atoms with E-state index in [9.17, 15) is 9.59 Å². The lowest BCUT2D eigenvalue weighted by molar-refractivity contribution is -0.134. The Balaban J connectivity index is 1.53. The van der Waals surface area contributed by atoms with E-state index in [0.29, 0.717) is 34.9 Å². The maximum Gasteiger partial charge on any atom is 0.311 e. The molecule has 4 nitrogen and oxygen atoms in total. The summed E-state index contributed by atoms with van der Waals surface area (Å²) in [5, 5.41) is 3.16. The van der Waals surface area contributed by atoms with E-state index in [1.807, 2.05) is 25.1 Å². The van der Waals surface area contributed by atoms with Crippen LogP contribution in [-0.2, 0) is 11.2 Å². The van der Waals surface area contributed by atoms with Gasteiger partial charge in [-0.3, -0.25) is 9.59 Å². The third-order valence-corrected chi connectivity index (χ3v) is 4.49. The number of rotatable bonds is 6. The van der Waals surface area contributed by atoms with E-state index >= 15 is 0 Å². The van der Waals surface area contributed by atoms with Crippen molar-refractivity contribution in [3.63, 3.8) is 0 Å². The number of hydrogen-bond acceptors (Lipinski definition) is 3. The van der Waals surface area contributed by atoms with Crippen LogP contribution in [0.2, 0.25) is 5.02 Å². The molecule has 0 saturated carbocycles. The number of carbonyl (C=O) groups is 2. The summed E-state index contributed by atoms with van der Waals surface area (Å²) in [6.07, 6.45) is 0.931. The van der Waals surface area contributed by atoms with Gasteiger partial charge in [0.25, 0.3) is 5.91 Å². The zero-order chi connectivity index (χ0) is 19.9. The van der Waals surface area contributed by atoms with Gasteiger partial charge in [0, 0.05) is 12.1 Å². The molecule has 0 aliphatic heterocycles. The van der Waals surface area contributed by atoms with E-state index < -0.39 is 0 Å². The summed E-state index contributed by atoms with van der Waals surface area (Å²) in [7, 11) is 0. The monoisotopic (exact) mass is 393 g/mol. The minimum absolute atomic E-state index is 0.297. The van der Waals surface area contributed by atoms with Crippen molar-refractivity contribution in [2.75, 3.05) is 5.32 Å². The Morgan fingerprint density at radius 1 is 0.964 bits per heavy atom. The van der Waals surface area contributed by atoms with Crippen molar-refractivity contribution in [1.82, 2.24) is 0 Å². The first-order valence-electron chi connectivity index (χ1n) is 8.93. The second-order valence-corrected chi connectivity index (χ2v) is 6.83. The summed E-state index contributed by atoms with van der Waals surface area (Å²) in [5.74, 6) is -0.159. The summed E-state index contributed by atoms with van der Waals surface area (Å²) >= 11 is 6.03. The number of hydrogen-bond donors (Lipinski definition) is 1. The molecular weight excluding hydrogens is 374 g/mol. The molecule has 5 heteroatoms. The van der Waals surface area contributed by atoms with Crippen molar-refractivity contribution in [3.05, 3.63) is 94.5 Å². The summed E-state index contributed by atoms with van der Waals surface area (Å²) in [6.45, 7) is 2.02. The van der Waals surface area contributed by atoms with Gasteiger partial charge in [-0.1, -0.05) is 53.6 Å². The Kier molecular flexibility index (Phi) is 6.45. The van der Waals surface area contributed by atoms with E-state index in [1.54, 1.807) is 48.5 Å². The lowest BCUT2D eigenvalue weighted by atomic mass is 10.1. The molecule has 0 aliphatic carbocycles. The summed E-state index contributed by atoms with van der Waals surface area (Å²) < 4.78 is 5.36. The average Bonchev–Trinajstić information content (AvgIpc) is 2.68. The number of esters is 1. The van der Waals surface area contributed by atoms with E-state index in [0.717, 1.165) is 5.56 Å². The molecule has 3 aromatic rings. The van der Waals surface area contributed by atoms with Gasteiger partial charge in [0.15, 0.2) is 0 Å². The minimum atomic E-state index is -0.298. The average molecular weight is 394 g/mol. The van der Waals surface area contributed by atoms with Gasteiger partial charge in [-0.15, -0.1) is 0 Å². The highest BCUT2D eigenvalue weighted by Crippen LogP contribution is 2.20. The summed E-state index contributed by atoms with van der Waals surface area (Å²) in [5.41, 5.74) is 3.26. The normalized spacial score (nSPS) is 10.4. The van der Waals surface area contributed by atoms with Crippen LogP contribution in [0.25, 0.3) is 0 Å². The number of nitrogens with one attached hydrogen (secondary N) is 1. The molecule has 142 valence electrons. The van der Waals surface area contributed by atoms with Crippen molar-refractivity contribution in [2.45, 2.75) is 19.8 Å². The number of amides is 1. The third kappa shape index (κ3) is 5.44. The second-order valence-electron chi connectivity index (χ2n) is 6.42. The standard InChI is InChI=1S/C23H20ClNO3/c1-16-5-4-6-17(15-16)9-14-22(26)28-19-12-10-18(11-13-19)25-23(27)20-7-2-3-8-21(20)24/h2-8,10-13,15H,9,14H2,1H3,(H,25,27). The van der Waals surface area contributed by atoms with E-state index in [-0.39, 0.29) is 11.9 Å². The van der Waals surface area contributed by atoms with Gasteiger partial charge in [-0.25, -0.2) is 0 Å². The van der Waals surface area contributed by atoms with Crippen LogP contribution in [0.1, 0.15) is 27.9 Å². The number of benzene rings is 3. The maximum absolute atomic E-state index is 12.3. The fourth-order valence-corrected chi connectivity index (χ4v) is 2.97. The first kappa shape index (κ1) is 19.6. The predicted molar refractivity (Wildman–Crippen MR) is 111 cm³/mol. The van der Waals surface area contributed by atoms with Crippen molar-refractivity contribution < 1.29 is 14.3 Å². The molecule has 0 aromatic heterocycles. The smallest absolute Gasteiger partial charge is 0.311 e. The Morgan fingerprint density at radius 2 is 1.71 bits per heavy atom. The molecule has 0 aliphatic rings. The van der Waals surface area contributed by atoms with Gasteiger partial charge in [0.1, 0.15) is 5.75 Å². The highest BCUT2D eigenvalue weighted by atomic mass is 35.5. The second kappa shape index (κ2) is 9.20. The quantitative estimate of drug-likeness (QED) is 0.448. The Morgan fingerprint density at radius 3 is 2.43 bits per heavy atom. The molecule has 3 rings (SSSR count). The first-order chi connectivity index (χ1) is 13.5. The van der Waals surface area contributed by atoms with Crippen molar-refractivity contribution in [2.24, 2.45) is 0 Å². The van der Waals surface area contributed by atoms with Crippen LogP contribution in [0.15, 0.2) is 72.8 Å². The minimum Gasteiger partial charge on any atom is -0.427 e. The Bertz CT molecular complexity index is 983. The van der Waals surface area contributed by atoms with Crippen LogP contribution >= 0.6 is 11.6 Å². The van der Waals surface area contributed by atoms with E-state index in [4.69, 9.17) is 16.3 Å². The van der Waals surface area contributed by atoms with Gasteiger partial charge in [0.2, 0.25) is 0 Å². The van der Waals surface area contributed by atoms with E-state index in [2.05, 4.69) is 11.4 Å². The molecule has 0 atom stereocenters. The lowest BCUT2D eigenvalue weighted by Crippen LogP contribution is -2.12. The lowest BCUT2D eigenvalue weighted by Gasteiger charge is -2.08. The third-order valence-electron chi connectivity index (χ3n) is 4.16. The molecule has 0 fully saturated rings. The molecule has 1 amide bonds. The maximum atomic E-state index is 12.3. The largest absolute Gasteiger partial charge is 0.427 e. The van der Waals surface area contributed by atoms with Crippen LogP contribution in [0.5, 0.6) is 5.75 Å². The predicted octanol–water partition coefficient (Wildman–Crippen LogP) is 5.44. The van der Waals surface area contributed by atoms with Crippen molar-refractivity contribution in [3.8, 4) is 5.75 Å². The van der Waals surface area contributed by atoms with Crippen molar-refractivity contribution >= 4 is 29.2 Å². The molecule has 0 radical (unpaired) electrons. The van der Waals surface area contributed by atoms with Gasteiger partial charge in [-0.05, 0) is 55.3 Å². The molecule has 3 aromatic carbocycles. The number of carbonyl (C=O) groups excluding carboxylic acids is 2. The highest BCUT2D eigenvalue weighted by molar-refractivity contribution is 6.34. The molecule has 0 unspecified atom stereocenters. The number of anilines is 1. The zero-order valence-corrected chi connectivity index (χ0v) is 16.2. The fourth-order valence-electron chi connectivity index (χ4n) is 2.75. The summed E-state index contributed by atoms with van der Waals surface area (Å²) in [6, 6.07) is 21.5. The van der Waals surface area contributed by atoms with Crippen LogP contribution < -0.4 is 10.1 Å². The van der Waals surface area contributed by atoms with Crippen LogP contribution in [0, 0.1) is 6.92 Å². The number of aryl methyl sites for hydroxylation is 2. The molecular formula is C23H20ClNO3. The van der Waals surface area contributed by atoms with Gasteiger partial charge in [-0.2, -0.15) is 0 Å². The van der Waals surface area contributed by atoms with Gasteiger partial charge >= 0.3 is 5.97 Å². The number of halogens is 1. The molecule has 28 heavy (non-hydrogen) atoms. The molecule has 0 spiro atoms.